The number of hydrogen-bond acceptors (Lipinski definition) is 4. The Bertz CT molecular complexity index is 900. The van der Waals surface area contributed by atoms with Crippen LogP contribution in [0.3, 0.4) is 0 Å². The van der Waals surface area contributed by atoms with E-state index in [-0.39, 0.29) is 10.9 Å². The summed E-state index contributed by atoms with van der Waals surface area (Å²) < 4.78 is 38.4. The van der Waals surface area contributed by atoms with Crippen LogP contribution in [0.4, 0.5) is 14.5 Å². The molecule has 0 aliphatic rings. The highest BCUT2D eigenvalue weighted by molar-refractivity contribution is 5.91. The molecule has 0 saturated carbocycles. The molecule has 2 aromatic carbocycles. The molecule has 6 heteroatoms. The molecule has 1 N–H and O–H groups in total. The number of anilines is 1. The topological polar surface area (TPSA) is 43.4 Å². The standard InChI is InChI=1S/C19H18F2N2O2/c1-24-16-6-3-12(11-17(16)25-2)7-9-22-15-8-10-23-19-14(21)5-4-13(20)18(15)19/h3-6,8,10-11H,7,9H2,1-2H3,(H,22,23). The van der Waals surface area contributed by atoms with Crippen molar-refractivity contribution in [3.8, 4) is 11.5 Å². The molecule has 0 aliphatic carbocycles. The number of fused-ring (bicyclic) bond motifs is 1. The number of nitrogens with zero attached hydrogens (tertiary/aromatic N) is 1. The highest BCUT2D eigenvalue weighted by atomic mass is 19.1. The zero-order valence-electron chi connectivity index (χ0n) is 14.0. The lowest BCUT2D eigenvalue weighted by Crippen LogP contribution is -2.06. The number of nitrogens with one attached hydrogen (secondary N) is 1. The first-order valence-corrected chi connectivity index (χ1v) is 7.81. The van der Waals surface area contributed by atoms with Gasteiger partial charge in [-0.25, -0.2) is 8.78 Å². The Labute approximate surface area is 144 Å². The predicted molar refractivity (Wildman–Crippen MR) is 93.4 cm³/mol. The number of pyridine rings is 1. The molecule has 3 rings (SSSR count). The molecule has 0 fully saturated rings. The van der Waals surface area contributed by atoms with Crippen molar-refractivity contribution in [1.29, 1.82) is 0 Å². The van der Waals surface area contributed by atoms with E-state index < -0.39 is 11.6 Å². The van der Waals surface area contributed by atoms with Crippen LogP contribution < -0.4 is 14.8 Å². The number of rotatable bonds is 6. The zero-order valence-corrected chi connectivity index (χ0v) is 14.0. The molecule has 0 radical (unpaired) electrons. The highest BCUT2D eigenvalue weighted by Crippen LogP contribution is 2.28. The Balaban J connectivity index is 1.77. The van der Waals surface area contributed by atoms with E-state index in [2.05, 4.69) is 10.3 Å². The van der Waals surface area contributed by atoms with Crippen molar-refractivity contribution < 1.29 is 18.3 Å². The van der Waals surface area contributed by atoms with Crippen molar-refractivity contribution >= 4 is 16.6 Å². The second-order valence-electron chi connectivity index (χ2n) is 5.48. The molecule has 0 atom stereocenters. The second-order valence-corrected chi connectivity index (χ2v) is 5.48. The van der Waals surface area contributed by atoms with E-state index in [1.165, 1.54) is 6.20 Å². The normalized spacial score (nSPS) is 10.7. The number of ether oxygens (including phenoxy) is 2. The van der Waals surface area contributed by atoms with Crippen LogP contribution in [-0.2, 0) is 6.42 Å². The van der Waals surface area contributed by atoms with Crippen LogP contribution in [0.25, 0.3) is 10.9 Å². The van der Waals surface area contributed by atoms with Gasteiger partial charge in [0.15, 0.2) is 11.5 Å². The van der Waals surface area contributed by atoms with Gasteiger partial charge >= 0.3 is 0 Å². The van der Waals surface area contributed by atoms with Crippen molar-refractivity contribution in [2.45, 2.75) is 6.42 Å². The Morgan fingerprint density at radius 2 is 1.72 bits per heavy atom. The van der Waals surface area contributed by atoms with Crippen LogP contribution in [0.2, 0.25) is 0 Å². The minimum atomic E-state index is -0.542. The van der Waals surface area contributed by atoms with E-state index in [0.29, 0.717) is 30.2 Å². The molecule has 1 heterocycles. The maximum atomic E-state index is 14.1. The summed E-state index contributed by atoms with van der Waals surface area (Å²) in [6, 6.07) is 9.50. The molecule has 130 valence electrons. The van der Waals surface area contributed by atoms with E-state index >= 15 is 0 Å². The van der Waals surface area contributed by atoms with Gasteiger partial charge in [0.2, 0.25) is 0 Å². The van der Waals surface area contributed by atoms with Crippen LogP contribution >= 0.6 is 0 Å². The van der Waals surface area contributed by atoms with Crippen LogP contribution in [0.5, 0.6) is 11.5 Å². The van der Waals surface area contributed by atoms with Gasteiger partial charge in [-0.3, -0.25) is 4.98 Å². The van der Waals surface area contributed by atoms with E-state index in [1.807, 2.05) is 18.2 Å². The molecule has 25 heavy (non-hydrogen) atoms. The van der Waals surface area contributed by atoms with E-state index in [9.17, 15) is 8.78 Å². The van der Waals surface area contributed by atoms with Gasteiger partial charge in [-0.2, -0.15) is 0 Å². The van der Waals surface area contributed by atoms with Crippen molar-refractivity contribution in [3.05, 3.63) is 59.8 Å². The second kappa shape index (κ2) is 7.34. The van der Waals surface area contributed by atoms with Crippen LogP contribution in [-0.4, -0.2) is 25.7 Å². The van der Waals surface area contributed by atoms with Crippen molar-refractivity contribution in [1.82, 2.24) is 4.98 Å². The molecule has 0 aliphatic heterocycles. The number of benzene rings is 2. The third-order valence-electron chi connectivity index (χ3n) is 3.97. The average Bonchev–Trinajstić information content (AvgIpc) is 2.64. The van der Waals surface area contributed by atoms with Gasteiger partial charge in [0, 0.05) is 18.4 Å². The maximum Gasteiger partial charge on any atom is 0.160 e. The van der Waals surface area contributed by atoms with E-state index in [1.54, 1.807) is 20.3 Å². The molecule has 0 saturated heterocycles. The first kappa shape index (κ1) is 17.0. The van der Waals surface area contributed by atoms with Gasteiger partial charge in [-0.05, 0) is 42.3 Å². The van der Waals surface area contributed by atoms with Crippen LogP contribution in [0.1, 0.15) is 5.56 Å². The fourth-order valence-corrected chi connectivity index (χ4v) is 2.72. The smallest absolute Gasteiger partial charge is 0.160 e. The lowest BCUT2D eigenvalue weighted by molar-refractivity contribution is 0.354. The minimum absolute atomic E-state index is 0.0242. The summed E-state index contributed by atoms with van der Waals surface area (Å²) in [7, 11) is 3.17. The van der Waals surface area contributed by atoms with Gasteiger partial charge < -0.3 is 14.8 Å². The van der Waals surface area contributed by atoms with Gasteiger partial charge in [0.25, 0.3) is 0 Å². The van der Waals surface area contributed by atoms with Crippen LogP contribution in [0.15, 0.2) is 42.6 Å². The molecule has 0 bridgehead atoms. The molecule has 3 aromatic rings. The van der Waals surface area contributed by atoms with Crippen molar-refractivity contribution in [2.75, 3.05) is 26.1 Å². The number of methoxy groups -OCH3 is 2. The summed E-state index contributed by atoms with van der Waals surface area (Å²) >= 11 is 0. The molecule has 4 nitrogen and oxygen atoms in total. The number of aromatic nitrogens is 1. The zero-order chi connectivity index (χ0) is 17.8. The molecular formula is C19H18F2N2O2. The van der Waals surface area contributed by atoms with E-state index in [4.69, 9.17) is 9.47 Å². The van der Waals surface area contributed by atoms with Gasteiger partial charge in [-0.15, -0.1) is 0 Å². The Hall–Kier alpha value is -2.89. The SMILES string of the molecule is COc1ccc(CCNc2ccnc3c(F)ccc(F)c23)cc1OC. The third kappa shape index (κ3) is 3.47. The number of hydrogen-bond donors (Lipinski definition) is 1. The van der Waals surface area contributed by atoms with E-state index in [0.717, 1.165) is 17.7 Å². The molecule has 0 spiro atoms. The first-order chi connectivity index (χ1) is 12.1. The minimum Gasteiger partial charge on any atom is -0.493 e. The van der Waals surface area contributed by atoms with Crippen molar-refractivity contribution in [2.24, 2.45) is 0 Å². The largest absolute Gasteiger partial charge is 0.493 e. The third-order valence-corrected chi connectivity index (χ3v) is 3.97. The summed E-state index contributed by atoms with van der Waals surface area (Å²) in [5.41, 5.74) is 1.58. The lowest BCUT2D eigenvalue weighted by Gasteiger charge is -2.12. The fourth-order valence-electron chi connectivity index (χ4n) is 2.72. The monoisotopic (exact) mass is 344 g/mol. The average molecular weight is 344 g/mol. The van der Waals surface area contributed by atoms with Crippen molar-refractivity contribution in [3.63, 3.8) is 0 Å². The molecule has 0 unspecified atom stereocenters. The molecular weight excluding hydrogens is 326 g/mol. The molecule has 0 amide bonds. The lowest BCUT2D eigenvalue weighted by atomic mass is 10.1. The quantitative estimate of drug-likeness (QED) is 0.728. The summed E-state index contributed by atoms with van der Waals surface area (Å²) in [5.74, 6) is 0.275. The summed E-state index contributed by atoms with van der Waals surface area (Å²) in [4.78, 5) is 3.92. The molecule has 1 aromatic heterocycles. The van der Waals surface area contributed by atoms with Gasteiger partial charge in [-0.1, -0.05) is 6.07 Å². The summed E-state index contributed by atoms with van der Waals surface area (Å²) in [6.07, 6.45) is 2.14. The Kier molecular flexibility index (Phi) is 4.97. The Morgan fingerprint density at radius 1 is 0.960 bits per heavy atom. The van der Waals surface area contributed by atoms with Gasteiger partial charge in [0.05, 0.1) is 19.6 Å². The van der Waals surface area contributed by atoms with Gasteiger partial charge in [0.1, 0.15) is 17.2 Å². The summed E-state index contributed by atoms with van der Waals surface area (Å²) in [5, 5.41) is 3.31. The Morgan fingerprint density at radius 3 is 2.48 bits per heavy atom. The summed E-state index contributed by atoms with van der Waals surface area (Å²) in [6.45, 7) is 0.546. The fraction of sp³-hybridized carbons (Fsp3) is 0.211. The van der Waals surface area contributed by atoms with Crippen LogP contribution in [0, 0.1) is 11.6 Å². The predicted octanol–water partition coefficient (Wildman–Crippen LogP) is 4.18. The maximum absolute atomic E-state index is 14.1. The number of halogens is 2. The highest BCUT2D eigenvalue weighted by Gasteiger charge is 2.11. The first-order valence-electron chi connectivity index (χ1n) is 7.81.